The third kappa shape index (κ3) is 3.98. The zero-order valence-corrected chi connectivity index (χ0v) is 13.2. The van der Waals surface area contributed by atoms with Gasteiger partial charge in [0.15, 0.2) is 0 Å². The number of piperazine rings is 1. The molecule has 3 heterocycles. The first-order valence-corrected chi connectivity index (χ1v) is 8.04. The molecule has 22 heavy (non-hydrogen) atoms. The van der Waals surface area contributed by atoms with Crippen molar-refractivity contribution < 1.29 is 9.53 Å². The second kappa shape index (κ2) is 7.11. The van der Waals surface area contributed by atoms with E-state index in [1.165, 1.54) is 0 Å². The largest absolute Gasteiger partial charge is 0.381 e. The summed E-state index contributed by atoms with van der Waals surface area (Å²) in [5, 5.41) is 7.34. The zero-order chi connectivity index (χ0) is 15.4. The fourth-order valence-electron chi connectivity index (χ4n) is 3.05. The average molecular weight is 307 g/mol. The maximum Gasteiger partial charge on any atom is 0.234 e. The molecule has 122 valence electrons. The molecule has 7 heteroatoms. The quantitative estimate of drug-likeness (QED) is 0.837. The minimum Gasteiger partial charge on any atom is -0.381 e. The van der Waals surface area contributed by atoms with Gasteiger partial charge in [0.1, 0.15) is 0 Å². The molecule has 0 aromatic carbocycles. The Morgan fingerprint density at radius 3 is 2.68 bits per heavy atom. The van der Waals surface area contributed by atoms with Crippen LogP contribution in [0.2, 0.25) is 0 Å². The van der Waals surface area contributed by atoms with Gasteiger partial charge >= 0.3 is 0 Å². The molecule has 7 nitrogen and oxygen atoms in total. The van der Waals surface area contributed by atoms with E-state index in [1.807, 2.05) is 24.1 Å². The van der Waals surface area contributed by atoms with Crippen molar-refractivity contribution in [3.63, 3.8) is 0 Å². The Kier molecular flexibility index (Phi) is 4.94. The van der Waals surface area contributed by atoms with Crippen LogP contribution in [-0.4, -0.2) is 72.6 Å². The van der Waals surface area contributed by atoms with E-state index in [1.54, 1.807) is 0 Å². The van der Waals surface area contributed by atoms with E-state index in [4.69, 9.17) is 4.74 Å². The van der Waals surface area contributed by atoms with E-state index >= 15 is 0 Å². The van der Waals surface area contributed by atoms with Crippen LogP contribution in [0.3, 0.4) is 0 Å². The first-order valence-electron chi connectivity index (χ1n) is 8.04. The number of amides is 1. The number of aryl methyl sites for hydroxylation is 1. The van der Waals surface area contributed by atoms with Gasteiger partial charge in [0.05, 0.1) is 18.4 Å². The lowest BCUT2D eigenvalue weighted by Gasteiger charge is -2.35. The van der Waals surface area contributed by atoms with E-state index in [2.05, 4.69) is 20.2 Å². The Balaban J connectivity index is 1.40. The number of hydrogen-bond acceptors (Lipinski definition) is 5. The molecule has 0 saturated carbocycles. The maximum atomic E-state index is 12.1. The van der Waals surface area contributed by atoms with Gasteiger partial charge in [-0.2, -0.15) is 5.10 Å². The number of rotatable bonds is 4. The number of carbonyl (C=O) groups excluding carboxylic acids is 1. The van der Waals surface area contributed by atoms with Gasteiger partial charge in [-0.3, -0.25) is 14.4 Å². The number of ether oxygens (including phenoxy) is 1. The first-order chi connectivity index (χ1) is 10.7. The molecule has 0 unspecified atom stereocenters. The second-order valence-corrected chi connectivity index (χ2v) is 6.09. The summed E-state index contributed by atoms with van der Waals surface area (Å²) in [5.74, 6) is 0.140. The van der Waals surface area contributed by atoms with Crippen LogP contribution in [0.4, 0.5) is 5.69 Å². The van der Waals surface area contributed by atoms with Gasteiger partial charge < -0.3 is 15.0 Å². The highest BCUT2D eigenvalue weighted by Gasteiger charge is 2.21. The van der Waals surface area contributed by atoms with Crippen LogP contribution in [-0.2, 0) is 16.6 Å². The third-order valence-electron chi connectivity index (χ3n) is 4.38. The summed E-state index contributed by atoms with van der Waals surface area (Å²) < 4.78 is 7.14. The van der Waals surface area contributed by atoms with E-state index in [-0.39, 0.29) is 11.9 Å². The van der Waals surface area contributed by atoms with Gasteiger partial charge in [-0.25, -0.2) is 0 Å². The molecule has 3 rings (SSSR count). The highest BCUT2D eigenvalue weighted by atomic mass is 16.5. The summed E-state index contributed by atoms with van der Waals surface area (Å²) in [6.07, 6.45) is 5.79. The summed E-state index contributed by atoms with van der Waals surface area (Å²) in [6, 6.07) is 0.290. The lowest BCUT2D eigenvalue weighted by Crippen LogP contribution is -2.51. The highest BCUT2D eigenvalue weighted by Crippen LogP contribution is 2.14. The Morgan fingerprint density at radius 2 is 2.05 bits per heavy atom. The Morgan fingerprint density at radius 1 is 1.32 bits per heavy atom. The van der Waals surface area contributed by atoms with Gasteiger partial charge in [-0.05, 0) is 12.8 Å². The van der Waals surface area contributed by atoms with Crippen molar-refractivity contribution in [2.45, 2.75) is 18.9 Å². The summed E-state index contributed by atoms with van der Waals surface area (Å²) in [5.41, 5.74) is 1.16. The lowest BCUT2D eigenvalue weighted by atomic mass is 10.1. The van der Waals surface area contributed by atoms with E-state index in [0.717, 1.165) is 57.9 Å². The Bertz CT molecular complexity index is 490. The normalized spacial score (nSPS) is 21.0. The van der Waals surface area contributed by atoms with Crippen molar-refractivity contribution in [1.29, 1.82) is 0 Å². The smallest absolute Gasteiger partial charge is 0.234 e. The van der Waals surface area contributed by atoms with Gasteiger partial charge in [0.25, 0.3) is 0 Å². The number of carbonyl (C=O) groups is 1. The molecule has 2 fully saturated rings. The van der Waals surface area contributed by atoms with Crippen LogP contribution in [0.25, 0.3) is 0 Å². The molecule has 2 aliphatic rings. The Hall–Kier alpha value is -1.60. The van der Waals surface area contributed by atoms with E-state index in [0.29, 0.717) is 6.54 Å². The van der Waals surface area contributed by atoms with Crippen molar-refractivity contribution in [2.24, 2.45) is 7.05 Å². The van der Waals surface area contributed by atoms with Crippen molar-refractivity contribution in [3.8, 4) is 0 Å². The minimum absolute atomic E-state index is 0.140. The molecule has 2 aliphatic heterocycles. The van der Waals surface area contributed by atoms with Crippen LogP contribution < -0.4 is 10.2 Å². The molecule has 0 radical (unpaired) electrons. The molecule has 0 bridgehead atoms. The van der Waals surface area contributed by atoms with Crippen LogP contribution in [0, 0.1) is 0 Å². The van der Waals surface area contributed by atoms with Gasteiger partial charge in [0, 0.05) is 58.7 Å². The summed E-state index contributed by atoms with van der Waals surface area (Å²) in [4.78, 5) is 16.7. The topological polar surface area (TPSA) is 62.6 Å². The van der Waals surface area contributed by atoms with Crippen LogP contribution >= 0.6 is 0 Å². The number of hydrogen-bond donors (Lipinski definition) is 1. The van der Waals surface area contributed by atoms with Gasteiger partial charge in [0.2, 0.25) is 5.91 Å². The van der Waals surface area contributed by atoms with Crippen molar-refractivity contribution in [1.82, 2.24) is 20.0 Å². The summed E-state index contributed by atoms with van der Waals surface area (Å²) in [7, 11) is 1.93. The number of nitrogens with zero attached hydrogens (tertiary/aromatic N) is 4. The Labute approximate surface area is 131 Å². The van der Waals surface area contributed by atoms with E-state index < -0.39 is 0 Å². The van der Waals surface area contributed by atoms with Gasteiger partial charge in [-0.1, -0.05) is 0 Å². The molecule has 0 spiro atoms. The lowest BCUT2D eigenvalue weighted by molar-refractivity contribution is -0.123. The number of nitrogens with one attached hydrogen (secondary N) is 1. The number of anilines is 1. The molecule has 0 atom stereocenters. The molecule has 1 N–H and O–H groups in total. The van der Waals surface area contributed by atoms with Crippen LogP contribution in [0.1, 0.15) is 12.8 Å². The number of aromatic nitrogens is 2. The van der Waals surface area contributed by atoms with Crippen LogP contribution in [0.15, 0.2) is 12.4 Å². The molecule has 1 aromatic heterocycles. The van der Waals surface area contributed by atoms with Crippen molar-refractivity contribution in [2.75, 3.05) is 50.8 Å². The van der Waals surface area contributed by atoms with Crippen LogP contribution in [0.5, 0.6) is 0 Å². The van der Waals surface area contributed by atoms with Crippen molar-refractivity contribution in [3.05, 3.63) is 12.4 Å². The fraction of sp³-hybridized carbons (Fsp3) is 0.733. The molecule has 0 aliphatic carbocycles. The predicted molar refractivity (Wildman–Crippen MR) is 83.8 cm³/mol. The van der Waals surface area contributed by atoms with Gasteiger partial charge in [-0.15, -0.1) is 0 Å². The molecule has 2 saturated heterocycles. The monoisotopic (exact) mass is 307 g/mol. The SMILES string of the molecule is Cn1cc(N2CCN(CC(=O)NC3CCOCC3)CC2)cn1. The second-order valence-electron chi connectivity index (χ2n) is 6.09. The average Bonchev–Trinajstić information content (AvgIpc) is 2.95. The van der Waals surface area contributed by atoms with Crippen molar-refractivity contribution >= 4 is 11.6 Å². The molecule has 1 amide bonds. The standard InChI is InChI=1S/C15H25N5O2/c1-18-11-14(10-16-18)20-6-4-19(5-7-20)12-15(21)17-13-2-8-22-9-3-13/h10-11,13H,2-9,12H2,1H3,(H,17,21). The van der Waals surface area contributed by atoms with E-state index in [9.17, 15) is 4.79 Å². The molecular weight excluding hydrogens is 282 g/mol. The minimum atomic E-state index is 0.140. The molecule has 1 aromatic rings. The molecular formula is C15H25N5O2. The first kappa shape index (κ1) is 15.3. The predicted octanol–water partition coefficient (Wildman–Crippen LogP) is -0.163. The third-order valence-corrected chi connectivity index (χ3v) is 4.38. The maximum absolute atomic E-state index is 12.1. The fourth-order valence-corrected chi connectivity index (χ4v) is 3.05. The highest BCUT2D eigenvalue weighted by molar-refractivity contribution is 5.78. The zero-order valence-electron chi connectivity index (χ0n) is 13.2. The summed E-state index contributed by atoms with van der Waals surface area (Å²) in [6.45, 7) is 5.72. The summed E-state index contributed by atoms with van der Waals surface area (Å²) >= 11 is 0.